The van der Waals surface area contributed by atoms with Gasteiger partial charge in [0.2, 0.25) is 0 Å². The van der Waals surface area contributed by atoms with E-state index in [1.165, 1.54) is 20.8 Å². The van der Waals surface area contributed by atoms with Crippen molar-refractivity contribution >= 4 is 17.9 Å². The fourth-order valence-corrected chi connectivity index (χ4v) is 2.17. The molecule has 1 unspecified atom stereocenters. The molecule has 0 bridgehead atoms. The minimum Gasteiger partial charge on any atom is -0.478 e. The van der Waals surface area contributed by atoms with E-state index in [-0.39, 0.29) is 43.1 Å². The van der Waals surface area contributed by atoms with Gasteiger partial charge < -0.3 is 40.9 Å². The highest BCUT2D eigenvalue weighted by atomic mass is 16.4. The second kappa shape index (κ2) is 23.8. The molecule has 0 aliphatic heterocycles. The minimum absolute atomic E-state index is 0.0412. The zero-order valence-corrected chi connectivity index (χ0v) is 22.7. The van der Waals surface area contributed by atoms with Gasteiger partial charge in [-0.2, -0.15) is 0 Å². The number of carboxylic acids is 3. The number of unbranched alkanes of at least 4 members (excludes halogenated alkanes) is 1. The van der Waals surface area contributed by atoms with E-state index >= 15 is 0 Å². The first-order valence-electron chi connectivity index (χ1n) is 11.8. The summed E-state index contributed by atoms with van der Waals surface area (Å²) in [5.41, 5.74) is -1.29. The third kappa shape index (κ3) is 26.3. The van der Waals surface area contributed by atoms with Crippen LogP contribution >= 0.6 is 0 Å². The van der Waals surface area contributed by atoms with Crippen LogP contribution in [0.2, 0.25) is 0 Å². The van der Waals surface area contributed by atoms with Crippen LogP contribution in [0.5, 0.6) is 0 Å². The molecule has 0 radical (unpaired) electrons. The highest BCUT2D eigenvalue weighted by Crippen LogP contribution is 2.32. The van der Waals surface area contributed by atoms with Gasteiger partial charge in [0.25, 0.3) is 0 Å². The van der Waals surface area contributed by atoms with E-state index in [0.29, 0.717) is 32.1 Å². The number of rotatable bonds is 15. The average Bonchev–Trinajstić information content (AvgIpc) is 2.83. The van der Waals surface area contributed by atoms with Crippen LogP contribution in [-0.4, -0.2) is 90.8 Å². The van der Waals surface area contributed by atoms with Crippen molar-refractivity contribution in [3.05, 3.63) is 36.5 Å². The molecular weight excluding hydrogens is 488 g/mol. The van der Waals surface area contributed by atoms with Gasteiger partial charge in [0.15, 0.2) is 0 Å². The van der Waals surface area contributed by atoms with E-state index in [2.05, 4.69) is 19.7 Å². The monoisotopic (exact) mass is 536 g/mol. The maximum absolute atomic E-state index is 10.6. The van der Waals surface area contributed by atoms with Crippen molar-refractivity contribution in [3.63, 3.8) is 0 Å². The molecule has 0 saturated carbocycles. The molecule has 0 saturated heterocycles. The Bertz CT molecular complexity index is 585. The van der Waals surface area contributed by atoms with Gasteiger partial charge in [-0.25, -0.2) is 14.4 Å². The lowest BCUT2D eigenvalue weighted by Gasteiger charge is -2.34. The van der Waals surface area contributed by atoms with Crippen LogP contribution in [0.1, 0.15) is 72.6 Å². The molecule has 0 aromatic heterocycles. The van der Waals surface area contributed by atoms with Gasteiger partial charge in [-0.15, -0.1) is 0 Å². The molecule has 0 heterocycles. The molecule has 0 aromatic rings. The number of carboxylic acid groups (broad SMARTS) is 3. The third-order valence-corrected chi connectivity index (χ3v) is 5.02. The fourth-order valence-electron chi connectivity index (χ4n) is 2.17. The molecule has 8 N–H and O–H groups in total. The van der Waals surface area contributed by atoms with Gasteiger partial charge >= 0.3 is 17.9 Å². The summed E-state index contributed by atoms with van der Waals surface area (Å²) >= 11 is 0. The Labute approximate surface area is 220 Å². The Balaban J connectivity index is -0.000000245. The van der Waals surface area contributed by atoms with Crippen molar-refractivity contribution in [3.8, 4) is 0 Å². The Kier molecular flexibility index (Phi) is 26.7. The molecule has 0 amide bonds. The Hall–Kier alpha value is -2.57. The number of hydrogen-bond acceptors (Lipinski definition) is 8. The topological polar surface area (TPSA) is 213 Å². The summed E-state index contributed by atoms with van der Waals surface area (Å²) in [5, 5.41) is 71.0. The van der Waals surface area contributed by atoms with Crippen molar-refractivity contribution in [2.24, 2.45) is 5.41 Å². The van der Waals surface area contributed by atoms with E-state index in [0.717, 1.165) is 12.8 Å². The fraction of sp³-hybridized carbons (Fsp3) is 0.654. The van der Waals surface area contributed by atoms with Crippen molar-refractivity contribution in [2.45, 2.75) is 78.2 Å². The van der Waals surface area contributed by atoms with Crippen LogP contribution in [0, 0.1) is 5.41 Å². The minimum atomic E-state index is -0.935. The first kappa shape index (κ1) is 41.6. The van der Waals surface area contributed by atoms with Crippen molar-refractivity contribution < 1.29 is 55.2 Å². The van der Waals surface area contributed by atoms with Gasteiger partial charge in [0, 0.05) is 28.7 Å². The van der Waals surface area contributed by atoms with E-state index in [4.69, 9.17) is 20.4 Å². The largest absolute Gasteiger partial charge is 0.478 e. The zero-order chi connectivity index (χ0) is 30.2. The summed E-state index contributed by atoms with van der Waals surface area (Å²) in [6.07, 6.45) is 4.32. The summed E-state index contributed by atoms with van der Waals surface area (Å²) < 4.78 is 0. The SMILES string of the molecule is C=C(C)C(=O)O.C=C(C)C(=O)O.C=C(C)C(=O)O.CCCCC(O)(CCCO)CCC(CO)(CO)CO. The molecule has 0 spiro atoms. The first-order valence-corrected chi connectivity index (χ1v) is 11.8. The zero-order valence-electron chi connectivity index (χ0n) is 22.7. The van der Waals surface area contributed by atoms with Crippen molar-refractivity contribution in [2.75, 3.05) is 26.4 Å². The standard InChI is InChI=1S/C14H30O5.3C4H6O2/c1-2-3-5-14(19,6-4-9-15)8-7-13(10-16,11-17)12-18;3*1-3(2)4(5)6/h15-19H,2-12H2,1H3;3*1H2,2H3,(H,5,6). The summed E-state index contributed by atoms with van der Waals surface area (Å²) in [5.74, 6) is -2.81. The van der Waals surface area contributed by atoms with Crippen LogP contribution in [0.15, 0.2) is 36.5 Å². The normalized spacial score (nSPS) is 11.6. The van der Waals surface area contributed by atoms with E-state index in [1.54, 1.807) is 0 Å². The third-order valence-electron chi connectivity index (χ3n) is 5.02. The predicted molar refractivity (Wildman–Crippen MR) is 141 cm³/mol. The van der Waals surface area contributed by atoms with Crippen LogP contribution in [-0.2, 0) is 14.4 Å². The van der Waals surface area contributed by atoms with E-state index < -0.39 is 28.9 Å². The molecule has 11 heteroatoms. The lowest BCUT2D eigenvalue weighted by atomic mass is 9.78. The average molecular weight is 537 g/mol. The lowest BCUT2D eigenvalue weighted by Crippen LogP contribution is -2.38. The number of carbonyl (C=O) groups is 3. The van der Waals surface area contributed by atoms with Crippen LogP contribution in [0.4, 0.5) is 0 Å². The maximum atomic E-state index is 10.6. The quantitative estimate of drug-likeness (QED) is 0.142. The summed E-state index contributed by atoms with van der Waals surface area (Å²) in [7, 11) is 0. The number of aliphatic carboxylic acids is 3. The number of hydrogen-bond donors (Lipinski definition) is 8. The molecule has 0 fully saturated rings. The highest BCUT2D eigenvalue weighted by molar-refractivity contribution is 5.85. The number of aliphatic hydroxyl groups excluding tert-OH is 4. The second-order valence-electron chi connectivity index (χ2n) is 8.89. The predicted octanol–water partition coefficient (Wildman–Crippen LogP) is 2.37. The smallest absolute Gasteiger partial charge is 0.330 e. The summed E-state index contributed by atoms with van der Waals surface area (Å²) in [6.45, 7) is 15.0. The number of aliphatic hydroxyl groups is 5. The lowest BCUT2D eigenvalue weighted by molar-refractivity contribution is -0.133. The highest BCUT2D eigenvalue weighted by Gasteiger charge is 2.33. The van der Waals surface area contributed by atoms with Crippen LogP contribution < -0.4 is 0 Å². The van der Waals surface area contributed by atoms with Gasteiger partial charge in [0.1, 0.15) is 0 Å². The molecule has 37 heavy (non-hydrogen) atoms. The van der Waals surface area contributed by atoms with Crippen LogP contribution in [0.3, 0.4) is 0 Å². The first-order chi connectivity index (χ1) is 16.9. The van der Waals surface area contributed by atoms with Crippen molar-refractivity contribution in [1.82, 2.24) is 0 Å². The van der Waals surface area contributed by atoms with Crippen molar-refractivity contribution in [1.29, 1.82) is 0 Å². The van der Waals surface area contributed by atoms with Gasteiger partial charge in [-0.3, -0.25) is 0 Å². The Morgan fingerprint density at radius 3 is 1.14 bits per heavy atom. The summed E-state index contributed by atoms with van der Waals surface area (Å²) in [6, 6.07) is 0. The molecule has 0 aliphatic carbocycles. The molecule has 0 aromatic carbocycles. The molecular formula is C26H48O11. The van der Waals surface area contributed by atoms with E-state index in [1.807, 2.05) is 6.92 Å². The molecule has 0 rings (SSSR count). The molecule has 218 valence electrons. The van der Waals surface area contributed by atoms with E-state index in [9.17, 15) is 34.8 Å². The van der Waals surface area contributed by atoms with Crippen LogP contribution in [0.25, 0.3) is 0 Å². The molecule has 0 aliphatic rings. The van der Waals surface area contributed by atoms with Gasteiger partial charge in [-0.05, 0) is 52.9 Å². The molecule has 11 nitrogen and oxygen atoms in total. The summed E-state index contributed by atoms with van der Waals surface area (Å²) in [4.78, 5) is 28.8. The maximum Gasteiger partial charge on any atom is 0.330 e. The van der Waals surface area contributed by atoms with Gasteiger partial charge in [-0.1, -0.05) is 39.5 Å². The Morgan fingerprint density at radius 1 is 0.622 bits per heavy atom. The van der Waals surface area contributed by atoms with Gasteiger partial charge in [0.05, 0.1) is 25.4 Å². The second-order valence-corrected chi connectivity index (χ2v) is 8.89. The molecule has 1 atom stereocenters. The Morgan fingerprint density at radius 2 is 0.919 bits per heavy atom.